The SMILES string of the molecule is Cc1ccc(C(N)=S)cc1NC(=O)c1ccccc1C. The normalized spacial score (nSPS) is 10.1. The third-order valence-corrected chi connectivity index (χ3v) is 3.40. The van der Waals surface area contributed by atoms with E-state index < -0.39 is 0 Å². The van der Waals surface area contributed by atoms with Crippen LogP contribution in [0, 0.1) is 13.8 Å². The van der Waals surface area contributed by atoms with Crippen molar-refractivity contribution in [3.63, 3.8) is 0 Å². The molecule has 0 atom stereocenters. The summed E-state index contributed by atoms with van der Waals surface area (Å²) >= 11 is 4.96. The fourth-order valence-electron chi connectivity index (χ4n) is 1.93. The van der Waals surface area contributed by atoms with Crippen molar-refractivity contribution in [2.75, 3.05) is 5.32 Å². The fraction of sp³-hybridized carbons (Fsp3) is 0.125. The minimum Gasteiger partial charge on any atom is -0.389 e. The van der Waals surface area contributed by atoms with Gasteiger partial charge in [0.25, 0.3) is 5.91 Å². The molecule has 0 saturated carbocycles. The number of amides is 1. The lowest BCUT2D eigenvalue weighted by Gasteiger charge is -2.11. The number of aryl methyl sites for hydroxylation is 2. The second-order valence-corrected chi connectivity index (χ2v) is 5.10. The second kappa shape index (κ2) is 5.84. The van der Waals surface area contributed by atoms with E-state index in [4.69, 9.17) is 18.0 Å². The van der Waals surface area contributed by atoms with Crippen molar-refractivity contribution < 1.29 is 4.79 Å². The van der Waals surface area contributed by atoms with Crippen molar-refractivity contribution in [2.24, 2.45) is 5.73 Å². The lowest BCUT2D eigenvalue weighted by atomic mass is 10.1. The molecule has 0 fully saturated rings. The highest BCUT2D eigenvalue weighted by Gasteiger charge is 2.10. The Balaban J connectivity index is 2.30. The number of nitrogens with one attached hydrogen (secondary N) is 1. The third kappa shape index (κ3) is 3.03. The largest absolute Gasteiger partial charge is 0.389 e. The molecule has 20 heavy (non-hydrogen) atoms. The van der Waals surface area contributed by atoms with E-state index in [1.54, 1.807) is 12.1 Å². The number of hydrogen-bond acceptors (Lipinski definition) is 2. The molecule has 0 radical (unpaired) electrons. The molecule has 0 unspecified atom stereocenters. The van der Waals surface area contributed by atoms with E-state index in [9.17, 15) is 4.79 Å². The van der Waals surface area contributed by atoms with Crippen molar-refractivity contribution in [2.45, 2.75) is 13.8 Å². The summed E-state index contributed by atoms with van der Waals surface area (Å²) in [4.78, 5) is 12.6. The first kappa shape index (κ1) is 14.2. The van der Waals surface area contributed by atoms with Gasteiger partial charge in [0.2, 0.25) is 0 Å². The number of carbonyl (C=O) groups excluding carboxylic acids is 1. The Bertz CT molecular complexity index is 680. The molecule has 0 aliphatic heterocycles. The van der Waals surface area contributed by atoms with Gasteiger partial charge in [-0.05, 0) is 37.1 Å². The standard InChI is InChI=1S/C16H16N2OS/c1-10-5-3-4-6-13(10)16(19)18-14-9-12(15(17)20)8-7-11(14)2/h3-9H,1-2H3,(H2,17,20)(H,18,19). The monoisotopic (exact) mass is 284 g/mol. The summed E-state index contributed by atoms with van der Waals surface area (Å²) in [6.45, 7) is 3.84. The third-order valence-electron chi connectivity index (χ3n) is 3.16. The lowest BCUT2D eigenvalue weighted by Crippen LogP contribution is -2.15. The summed E-state index contributed by atoms with van der Waals surface area (Å²) in [5.74, 6) is -0.133. The van der Waals surface area contributed by atoms with Gasteiger partial charge in [0.05, 0.1) is 0 Å². The zero-order chi connectivity index (χ0) is 14.7. The first-order chi connectivity index (χ1) is 9.49. The zero-order valence-electron chi connectivity index (χ0n) is 11.4. The molecular formula is C16H16N2OS. The number of hydrogen-bond donors (Lipinski definition) is 2. The molecule has 102 valence electrons. The molecule has 4 heteroatoms. The maximum atomic E-state index is 12.3. The highest BCUT2D eigenvalue weighted by Crippen LogP contribution is 2.19. The van der Waals surface area contributed by atoms with E-state index >= 15 is 0 Å². The molecular weight excluding hydrogens is 268 g/mol. The Morgan fingerprint density at radius 2 is 1.80 bits per heavy atom. The Labute approximate surface area is 123 Å². The average molecular weight is 284 g/mol. The molecule has 0 aliphatic rings. The minimum absolute atomic E-state index is 0.133. The molecule has 0 heterocycles. The van der Waals surface area contributed by atoms with Gasteiger partial charge in [-0.3, -0.25) is 4.79 Å². The van der Waals surface area contributed by atoms with Crippen LogP contribution in [-0.4, -0.2) is 10.9 Å². The summed E-state index contributed by atoms with van der Waals surface area (Å²) in [5.41, 5.74) is 9.65. The van der Waals surface area contributed by atoms with Crippen LogP contribution in [0.4, 0.5) is 5.69 Å². The number of carbonyl (C=O) groups is 1. The number of nitrogens with two attached hydrogens (primary N) is 1. The van der Waals surface area contributed by atoms with E-state index in [0.717, 1.165) is 22.4 Å². The molecule has 0 spiro atoms. The smallest absolute Gasteiger partial charge is 0.255 e. The molecule has 2 aromatic carbocycles. The van der Waals surface area contributed by atoms with Gasteiger partial charge in [-0.25, -0.2) is 0 Å². The van der Waals surface area contributed by atoms with Crippen molar-refractivity contribution in [1.29, 1.82) is 0 Å². The van der Waals surface area contributed by atoms with Crippen LogP contribution in [0.25, 0.3) is 0 Å². The van der Waals surface area contributed by atoms with Gasteiger partial charge in [-0.15, -0.1) is 0 Å². The first-order valence-electron chi connectivity index (χ1n) is 6.26. The van der Waals surface area contributed by atoms with E-state index in [2.05, 4.69) is 5.32 Å². The van der Waals surface area contributed by atoms with Gasteiger partial charge in [0.15, 0.2) is 0 Å². The molecule has 0 aromatic heterocycles. The van der Waals surface area contributed by atoms with Gasteiger partial charge >= 0.3 is 0 Å². The van der Waals surface area contributed by atoms with Crippen molar-refractivity contribution in [1.82, 2.24) is 0 Å². The van der Waals surface area contributed by atoms with Crippen LogP contribution in [0.3, 0.4) is 0 Å². The molecule has 3 nitrogen and oxygen atoms in total. The topological polar surface area (TPSA) is 55.1 Å². The van der Waals surface area contributed by atoms with Crippen LogP contribution >= 0.6 is 12.2 Å². The molecule has 1 amide bonds. The van der Waals surface area contributed by atoms with Gasteiger partial charge in [-0.2, -0.15) is 0 Å². The first-order valence-corrected chi connectivity index (χ1v) is 6.67. The zero-order valence-corrected chi connectivity index (χ0v) is 12.3. The number of rotatable bonds is 3. The van der Waals surface area contributed by atoms with Crippen LogP contribution in [0.5, 0.6) is 0 Å². The van der Waals surface area contributed by atoms with Gasteiger partial charge in [0.1, 0.15) is 4.99 Å². The van der Waals surface area contributed by atoms with E-state index in [-0.39, 0.29) is 5.91 Å². The molecule has 0 aliphatic carbocycles. The predicted molar refractivity (Wildman–Crippen MR) is 86.2 cm³/mol. The number of anilines is 1. The maximum Gasteiger partial charge on any atom is 0.255 e. The van der Waals surface area contributed by atoms with E-state index in [1.165, 1.54) is 0 Å². The quantitative estimate of drug-likeness (QED) is 0.851. The van der Waals surface area contributed by atoms with E-state index in [0.29, 0.717) is 10.6 Å². The van der Waals surface area contributed by atoms with Crippen molar-refractivity contribution in [3.8, 4) is 0 Å². The van der Waals surface area contributed by atoms with Gasteiger partial charge in [-0.1, -0.05) is 42.5 Å². The summed E-state index contributed by atoms with van der Waals surface area (Å²) in [6.07, 6.45) is 0. The highest BCUT2D eigenvalue weighted by molar-refractivity contribution is 7.80. The van der Waals surface area contributed by atoms with E-state index in [1.807, 2.05) is 44.2 Å². The van der Waals surface area contributed by atoms with Crippen molar-refractivity contribution >= 4 is 28.8 Å². The molecule has 2 aromatic rings. The summed E-state index contributed by atoms with van der Waals surface area (Å²) < 4.78 is 0. The van der Waals surface area contributed by atoms with Crippen LogP contribution in [0.2, 0.25) is 0 Å². The molecule has 2 rings (SSSR count). The number of thiocarbonyl (C=S) groups is 1. The van der Waals surface area contributed by atoms with Crippen LogP contribution < -0.4 is 11.1 Å². The van der Waals surface area contributed by atoms with Crippen LogP contribution in [0.1, 0.15) is 27.0 Å². The fourth-order valence-corrected chi connectivity index (χ4v) is 2.05. The molecule has 3 N–H and O–H groups in total. The summed E-state index contributed by atoms with van der Waals surface area (Å²) in [7, 11) is 0. The summed E-state index contributed by atoms with van der Waals surface area (Å²) in [6, 6.07) is 13.0. The molecule has 0 bridgehead atoms. The Morgan fingerprint density at radius 1 is 1.10 bits per heavy atom. The average Bonchev–Trinajstić information content (AvgIpc) is 2.41. The highest BCUT2D eigenvalue weighted by atomic mass is 32.1. The second-order valence-electron chi connectivity index (χ2n) is 4.66. The van der Waals surface area contributed by atoms with Gasteiger partial charge < -0.3 is 11.1 Å². The lowest BCUT2D eigenvalue weighted by molar-refractivity contribution is 0.102. The Kier molecular flexibility index (Phi) is 4.15. The molecule has 0 saturated heterocycles. The van der Waals surface area contributed by atoms with Crippen LogP contribution in [-0.2, 0) is 0 Å². The maximum absolute atomic E-state index is 12.3. The Hall–Kier alpha value is -2.20. The number of benzene rings is 2. The van der Waals surface area contributed by atoms with Crippen molar-refractivity contribution in [3.05, 3.63) is 64.7 Å². The van der Waals surface area contributed by atoms with Gasteiger partial charge in [0, 0.05) is 16.8 Å². The minimum atomic E-state index is -0.133. The predicted octanol–water partition coefficient (Wildman–Crippen LogP) is 3.19. The summed E-state index contributed by atoms with van der Waals surface area (Å²) in [5, 5.41) is 2.91. The Morgan fingerprint density at radius 3 is 2.45 bits per heavy atom. The van der Waals surface area contributed by atoms with Crippen LogP contribution in [0.15, 0.2) is 42.5 Å².